The molecule has 0 spiro atoms. The van der Waals surface area contributed by atoms with Crippen LogP contribution in [0.1, 0.15) is 43.2 Å². The standard InChI is InChI=1S/C18H20N4O2/c1-2-14-11-15(23-20-14)12-22-10-6-9-16(22)18-19-17(21-24-18)13-7-4-3-5-8-13/h3-5,7-8,11,16H,2,6,9-10,12H2,1H3/t16-/m0/s1. The molecule has 1 atom stereocenters. The first-order chi connectivity index (χ1) is 11.8. The fraction of sp³-hybridized carbons (Fsp3) is 0.389. The van der Waals surface area contributed by atoms with Crippen LogP contribution < -0.4 is 0 Å². The number of nitrogens with zero attached hydrogens (tertiary/aromatic N) is 4. The van der Waals surface area contributed by atoms with Gasteiger partial charge in [-0.3, -0.25) is 4.90 Å². The van der Waals surface area contributed by atoms with E-state index >= 15 is 0 Å². The highest BCUT2D eigenvalue weighted by molar-refractivity contribution is 5.53. The van der Waals surface area contributed by atoms with E-state index in [1.54, 1.807) is 0 Å². The maximum atomic E-state index is 5.55. The van der Waals surface area contributed by atoms with Crippen LogP contribution in [0.5, 0.6) is 0 Å². The highest BCUT2D eigenvalue weighted by Gasteiger charge is 2.31. The summed E-state index contributed by atoms with van der Waals surface area (Å²) in [5.41, 5.74) is 1.96. The molecule has 4 rings (SSSR count). The summed E-state index contributed by atoms with van der Waals surface area (Å²) in [7, 11) is 0. The van der Waals surface area contributed by atoms with Gasteiger partial charge < -0.3 is 9.05 Å². The molecule has 2 aromatic heterocycles. The van der Waals surface area contributed by atoms with E-state index < -0.39 is 0 Å². The van der Waals surface area contributed by atoms with E-state index in [0.717, 1.165) is 49.4 Å². The van der Waals surface area contributed by atoms with Crippen molar-refractivity contribution in [1.29, 1.82) is 0 Å². The molecule has 124 valence electrons. The van der Waals surface area contributed by atoms with Gasteiger partial charge >= 0.3 is 0 Å². The molecule has 1 aromatic carbocycles. The first kappa shape index (κ1) is 15.1. The van der Waals surface area contributed by atoms with Gasteiger partial charge in [0.15, 0.2) is 5.76 Å². The van der Waals surface area contributed by atoms with Crippen molar-refractivity contribution in [1.82, 2.24) is 20.2 Å². The van der Waals surface area contributed by atoms with Gasteiger partial charge in [-0.1, -0.05) is 47.6 Å². The Hall–Kier alpha value is -2.47. The van der Waals surface area contributed by atoms with Crippen LogP contribution in [0.4, 0.5) is 0 Å². The monoisotopic (exact) mass is 324 g/mol. The van der Waals surface area contributed by atoms with Crippen molar-refractivity contribution in [3.63, 3.8) is 0 Å². The molecule has 3 aromatic rings. The number of likely N-dealkylation sites (tertiary alicyclic amines) is 1. The maximum Gasteiger partial charge on any atom is 0.244 e. The predicted octanol–water partition coefficient (Wildman–Crippen LogP) is 3.62. The molecule has 0 N–H and O–H groups in total. The first-order valence-electron chi connectivity index (χ1n) is 8.41. The van der Waals surface area contributed by atoms with Crippen LogP contribution >= 0.6 is 0 Å². The molecule has 0 bridgehead atoms. The molecule has 6 nitrogen and oxygen atoms in total. The van der Waals surface area contributed by atoms with E-state index in [1.807, 2.05) is 36.4 Å². The van der Waals surface area contributed by atoms with E-state index in [0.29, 0.717) is 11.7 Å². The zero-order valence-electron chi connectivity index (χ0n) is 13.7. The second-order valence-corrected chi connectivity index (χ2v) is 6.09. The van der Waals surface area contributed by atoms with Crippen molar-refractivity contribution >= 4 is 0 Å². The van der Waals surface area contributed by atoms with Crippen molar-refractivity contribution in [3.8, 4) is 11.4 Å². The summed E-state index contributed by atoms with van der Waals surface area (Å²) in [4.78, 5) is 6.93. The molecule has 0 aliphatic carbocycles. The second kappa shape index (κ2) is 6.57. The minimum atomic E-state index is 0.144. The van der Waals surface area contributed by atoms with Crippen molar-refractivity contribution in [2.45, 2.75) is 38.8 Å². The second-order valence-electron chi connectivity index (χ2n) is 6.09. The van der Waals surface area contributed by atoms with Gasteiger partial charge in [-0.2, -0.15) is 4.98 Å². The zero-order valence-corrected chi connectivity index (χ0v) is 13.7. The maximum absolute atomic E-state index is 5.55. The van der Waals surface area contributed by atoms with Crippen molar-refractivity contribution in [2.75, 3.05) is 6.54 Å². The molecule has 0 radical (unpaired) electrons. The lowest BCUT2D eigenvalue weighted by Gasteiger charge is -2.19. The lowest BCUT2D eigenvalue weighted by Crippen LogP contribution is -2.22. The van der Waals surface area contributed by atoms with Crippen LogP contribution in [0.2, 0.25) is 0 Å². The third-order valence-corrected chi connectivity index (χ3v) is 4.45. The number of hydrogen-bond donors (Lipinski definition) is 0. The van der Waals surface area contributed by atoms with Crippen LogP contribution in [0.3, 0.4) is 0 Å². The highest BCUT2D eigenvalue weighted by atomic mass is 16.5. The Morgan fingerprint density at radius 1 is 1.17 bits per heavy atom. The number of rotatable bonds is 5. The Labute approximate surface area is 140 Å². The lowest BCUT2D eigenvalue weighted by molar-refractivity contribution is 0.182. The molecule has 1 aliphatic rings. The van der Waals surface area contributed by atoms with Crippen LogP contribution in [0.25, 0.3) is 11.4 Å². The molecule has 1 saturated heterocycles. The number of aryl methyl sites for hydroxylation is 1. The fourth-order valence-electron chi connectivity index (χ4n) is 3.17. The SMILES string of the molecule is CCc1cc(CN2CCC[C@H]2c2nc(-c3ccccc3)no2)on1. The summed E-state index contributed by atoms with van der Waals surface area (Å²) in [5.74, 6) is 2.22. The minimum absolute atomic E-state index is 0.144. The minimum Gasteiger partial charge on any atom is -0.360 e. The van der Waals surface area contributed by atoms with Gasteiger partial charge in [0.25, 0.3) is 0 Å². The van der Waals surface area contributed by atoms with E-state index in [-0.39, 0.29) is 6.04 Å². The quantitative estimate of drug-likeness (QED) is 0.714. The molecule has 3 heterocycles. The van der Waals surface area contributed by atoms with Crippen molar-refractivity contribution in [2.24, 2.45) is 0 Å². The largest absolute Gasteiger partial charge is 0.360 e. The summed E-state index contributed by atoms with van der Waals surface area (Å²) in [6, 6.07) is 12.1. The molecule has 0 saturated carbocycles. The fourth-order valence-corrected chi connectivity index (χ4v) is 3.17. The van der Waals surface area contributed by atoms with Gasteiger partial charge in [0, 0.05) is 11.6 Å². The number of aromatic nitrogens is 3. The number of hydrogen-bond acceptors (Lipinski definition) is 6. The summed E-state index contributed by atoms with van der Waals surface area (Å²) < 4.78 is 11.0. The van der Waals surface area contributed by atoms with E-state index in [2.05, 4.69) is 27.1 Å². The van der Waals surface area contributed by atoms with E-state index in [9.17, 15) is 0 Å². The molecular weight excluding hydrogens is 304 g/mol. The molecule has 0 unspecified atom stereocenters. The Morgan fingerprint density at radius 3 is 2.83 bits per heavy atom. The molecule has 6 heteroatoms. The van der Waals surface area contributed by atoms with Gasteiger partial charge in [-0.05, 0) is 25.8 Å². The zero-order chi connectivity index (χ0) is 16.4. The van der Waals surface area contributed by atoms with Gasteiger partial charge in [0.2, 0.25) is 11.7 Å². The lowest BCUT2D eigenvalue weighted by atomic mass is 10.2. The average Bonchev–Trinajstić information content (AvgIpc) is 3.36. The van der Waals surface area contributed by atoms with Crippen LogP contribution in [0, 0.1) is 0 Å². The summed E-state index contributed by atoms with van der Waals surface area (Å²) in [5, 5.41) is 8.21. The van der Waals surface area contributed by atoms with Crippen molar-refractivity contribution in [3.05, 3.63) is 53.7 Å². The average molecular weight is 324 g/mol. The van der Waals surface area contributed by atoms with Gasteiger partial charge in [-0.25, -0.2) is 0 Å². The van der Waals surface area contributed by atoms with Crippen LogP contribution in [-0.4, -0.2) is 26.7 Å². The smallest absolute Gasteiger partial charge is 0.244 e. The summed E-state index contributed by atoms with van der Waals surface area (Å²) in [6.07, 6.45) is 3.02. The number of benzene rings is 1. The Kier molecular flexibility index (Phi) is 4.13. The van der Waals surface area contributed by atoms with Crippen LogP contribution in [0.15, 0.2) is 45.4 Å². The molecule has 24 heavy (non-hydrogen) atoms. The summed E-state index contributed by atoms with van der Waals surface area (Å²) >= 11 is 0. The molecule has 0 amide bonds. The Balaban J connectivity index is 1.51. The van der Waals surface area contributed by atoms with Gasteiger partial charge in [0.05, 0.1) is 18.3 Å². The Bertz CT molecular complexity index is 796. The third-order valence-electron chi connectivity index (χ3n) is 4.45. The molecular formula is C18H20N4O2. The molecule has 1 fully saturated rings. The normalized spacial score (nSPS) is 18.3. The highest BCUT2D eigenvalue weighted by Crippen LogP contribution is 2.33. The van der Waals surface area contributed by atoms with E-state index in [1.165, 1.54) is 0 Å². The third kappa shape index (κ3) is 2.97. The topological polar surface area (TPSA) is 68.2 Å². The predicted molar refractivity (Wildman–Crippen MR) is 88.0 cm³/mol. The van der Waals surface area contributed by atoms with E-state index in [4.69, 9.17) is 9.05 Å². The van der Waals surface area contributed by atoms with Gasteiger partial charge in [0.1, 0.15) is 0 Å². The molecule has 1 aliphatic heterocycles. The van der Waals surface area contributed by atoms with Crippen molar-refractivity contribution < 1.29 is 9.05 Å². The van der Waals surface area contributed by atoms with Gasteiger partial charge in [-0.15, -0.1) is 0 Å². The summed E-state index contributed by atoms with van der Waals surface area (Å²) in [6.45, 7) is 3.79. The van der Waals surface area contributed by atoms with Crippen LogP contribution in [-0.2, 0) is 13.0 Å². The Morgan fingerprint density at radius 2 is 2.04 bits per heavy atom. The first-order valence-corrected chi connectivity index (χ1v) is 8.41.